The molecule has 0 saturated carbocycles. The minimum atomic E-state index is -0.159. The Hall–Kier alpha value is -1.38. The molecule has 0 aliphatic carbocycles. The van der Waals surface area contributed by atoms with Gasteiger partial charge in [-0.3, -0.25) is 0 Å². The highest BCUT2D eigenvalue weighted by Crippen LogP contribution is 2.20. The van der Waals surface area contributed by atoms with E-state index in [2.05, 4.69) is 5.32 Å². The maximum absolute atomic E-state index is 13.8. The second-order valence-corrected chi connectivity index (χ2v) is 4.93. The van der Waals surface area contributed by atoms with Crippen molar-refractivity contribution < 1.29 is 4.39 Å². The molecule has 0 fully saturated rings. The first kappa shape index (κ1) is 14.0. The first-order valence-electron chi connectivity index (χ1n) is 6.43. The molecule has 0 aliphatic heterocycles. The van der Waals surface area contributed by atoms with Crippen LogP contribution in [0.25, 0.3) is 0 Å². The molecule has 0 bridgehead atoms. The van der Waals surface area contributed by atoms with E-state index in [1.165, 1.54) is 6.07 Å². The van der Waals surface area contributed by atoms with Gasteiger partial charge < -0.3 is 5.32 Å². The van der Waals surface area contributed by atoms with Gasteiger partial charge in [0.15, 0.2) is 0 Å². The number of benzene rings is 2. The lowest BCUT2D eigenvalue weighted by atomic mass is 10.0. The topological polar surface area (TPSA) is 12.0 Å². The van der Waals surface area contributed by atoms with Crippen molar-refractivity contribution >= 4 is 11.6 Å². The molecule has 0 saturated heterocycles. The SMILES string of the molecule is CCC(NCc1cccc(Cl)c1)c1ccccc1F. The lowest BCUT2D eigenvalue weighted by Gasteiger charge is -2.18. The molecular formula is C16H17ClFN. The van der Waals surface area contributed by atoms with Gasteiger partial charge in [-0.2, -0.15) is 0 Å². The van der Waals surface area contributed by atoms with Gasteiger partial charge in [-0.05, 0) is 30.2 Å². The summed E-state index contributed by atoms with van der Waals surface area (Å²) in [5.74, 6) is -0.159. The molecule has 1 nitrogen and oxygen atoms in total. The van der Waals surface area contributed by atoms with E-state index in [1.54, 1.807) is 6.07 Å². The van der Waals surface area contributed by atoms with Gasteiger partial charge >= 0.3 is 0 Å². The van der Waals surface area contributed by atoms with Crippen molar-refractivity contribution in [3.8, 4) is 0 Å². The van der Waals surface area contributed by atoms with Crippen molar-refractivity contribution in [2.75, 3.05) is 0 Å². The number of nitrogens with one attached hydrogen (secondary N) is 1. The van der Waals surface area contributed by atoms with Crippen LogP contribution in [0.3, 0.4) is 0 Å². The average molecular weight is 278 g/mol. The maximum atomic E-state index is 13.8. The van der Waals surface area contributed by atoms with Crippen LogP contribution in [-0.4, -0.2) is 0 Å². The normalized spacial score (nSPS) is 12.4. The fraction of sp³-hybridized carbons (Fsp3) is 0.250. The fourth-order valence-corrected chi connectivity index (χ4v) is 2.33. The second-order valence-electron chi connectivity index (χ2n) is 4.49. The van der Waals surface area contributed by atoms with Crippen molar-refractivity contribution in [2.24, 2.45) is 0 Å². The molecule has 0 spiro atoms. The molecule has 1 atom stereocenters. The smallest absolute Gasteiger partial charge is 0.127 e. The first-order valence-corrected chi connectivity index (χ1v) is 6.80. The molecule has 0 aliphatic rings. The third-order valence-corrected chi connectivity index (χ3v) is 3.37. The molecule has 0 heterocycles. The van der Waals surface area contributed by atoms with E-state index >= 15 is 0 Å². The van der Waals surface area contributed by atoms with Crippen LogP contribution in [0, 0.1) is 5.82 Å². The fourth-order valence-electron chi connectivity index (χ4n) is 2.12. The molecule has 2 rings (SSSR count). The molecular weight excluding hydrogens is 261 g/mol. The monoisotopic (exact) mass is 277 g/mol. The average Bonchev–Trinajstić information content (AvgIpc) is 2.41. The summed E-state index contributed by atoms with van der Waals surface area (Å²) in [6, 6.07) is 14.6. The van der Waals surface area contributed by atoms with E-state index in [4.69, 9.17) is 11.6 Å². The van der Waals surface area contributed by atoms with Gasteiger partial charge in [-0.15, -0.1) is 0 Å². The Bertz CT molecular complexity index is 542. The van der Waals surface area contributed by atoms with Crippen molar-refractivity contribution in [1.29, 1.82) is 0 Å². The molecule has 2 aromatic carbocycles. The summed E-state index contributed by atoms with van der Waals surface area (Å²) in [6.07, 6.45) is 0.835. The molecule has 0 amide bonds. The quantitative estimate of drug-likeness (QED) is 0.834. The third-order valence-electron chi connectivity index (χ3n) is 3.13. The molecule has 19 heavy (non-hydrogen) atoms. The predicted molar refractivity (Wildman–Crippen MR) is 77.7 cm³/mol. The molecule has 100 valence electrons. The lowest BCUT2D eigenvalue weighted by Crippen LogP contribution is -2.21. The van der Waals surface area contributed by atoms with E-state index in [0.717, 1.165) is 17.0 Å². The van der Waals surface area contributed by atoms with Gasteiger partial charge in [0.1, 0.15) is 5.82 Å². The Morgan fingerprint density at radius 2 is 1.95 bits per heavy atom. The van der Waals surface area contributed by atoms with Crippen LogP contribution in [-0.2, 0) is 6.54 Å². The van der Waals surface area contributed by atoms with E-state index in [0.29, 0.717) is 12.1 Å². The summed E-state index contributed by atoms with van der Waals surface area (Å²) in [6.45, 7) is 2.72. The number of hydrogen-bond donors (Lipinski definition) is 1. The zero-order valence-electron chi connectivity index (χ0n) is 10.9. The van der Waals surface area contributed by atoms with Crippen LogP contribution in [0.4, 0.5) is 4.39 Å². The molecule has 0 aromatic heterocycles. The molecule has 2 aromatic rings. The van der Waals surface area contributed by atoms with Gasteiger partial charge in [-0.25, -0.2) is 4.39 Å². The van der Waals surface area contributed by atoms with Crippen LogP contribution in [0.1, 0.15) is 30.5 Å². The largest absolute Gasteiger partial charge is 0.306 e. The van der Waals surface area contributed by atoms with Crippen molar-refractivity contribution in [3.63, 3.8) is 0 Å². The van der Waals surface area contributed by atoms with Crippen LogP contribution in [0.15, 0.2) is 48.5 Å². The molecule has 0 radical (unpaired) electrons. The Kier molecular flexibility index (Phi) is 4.94. The Balaban J connectivity index is 2.06. The zero-order valence-corrected chi connectivity index (χ0v) is 11.6. The zero-order chi connectivity index (χ0) is 13.7. The Morgan fingerprint density at radius 3 is 2.63 bits per heavy atom. The molecule has 1 N–H and O–H groups in total. The minimum Gasteiger partial charge on any atom is -0.306 e. The highest BCUT2D eigenvalue weighted by atomic mass is 35.5. The Labute approximate surface area is 118 Å². The number of hydrogen-bond acceptors (Lipinski definition) is 1. The summed E-state index contributed by atoms with van der Waals surface area (Å²) in [4.78, 5) is 0. The van der Waals surface area contributed by atoms with Gasteiger partial charge in [0, 0.05) is 23.2 Å². The van der Waals surface area contributed by atoms with Crippen LogP contribution < -0.4 is 5.32 Å². The lowest BCUT2D eigenvalue weighted by molar-refractivity contribution is 0.488. The second kappa shape index (κ2) is 6.69. The Morgan fingerprint density at radius 1 is 1.16 bits per heavy atom. The van der Waals surface area contributed by atoms with Gasteiger partial charge in [0.25, 0.3) is 0 Å². The van der Waals surface area contributed by atoms with Gasteiger partial charge in [0.2, 0.25) is 0 Å². The highest BCUT2D eigenvalue weighted by Gasteiger charge is 2.12. The van der Waals surface area contributed by atoms with Gasteiger partial charge in [-0.1, -0.05) is 48.9 Å². The van der Waals surface area contributed by atoms with E-state index in [-0.39, 0.29) is 11.9 Å². The summed E-state index contributed by atoms with van der Waals surface area (Å²) < 4.78 is 13.8. The third kappa shape index (κ3) is 3.79. The summed E-state index contributed by atoms with van der Waals surface area (Å²) in [7, 11) is 0. The summed E-state index contributed by atoms with van der Waals surface area (Å²) in [5.41, 5.74) is 1.81. The van der Waals surface area contributed by atoms with Crippen LogP contribution in [0.2, 0.25) is 5.02 Å². The van der Waals surface area contributed by atoms with Crippen molar-refractivity contribution in [2.45, 2.75) is 25.9 Å². The first-order chi connectivity index (χ1) is 9.20. The number of rotatable bonds is 5. The van der Waals surface area contributed by atoms with E-state index < -0.39 is 0 Å². The molecule has 3 heteroatoms. The summed E-state index contributed by atoms with van der Waals surface area (Å²) >= 11 is 5.95. The summed E-state index contributed by atoms with van der Waals surface area (Å²) in [5, 5.41) is 4.09. The van der Waals surface area contributed by atoms with Crippen LogP contribution >= 0.6 is 11.6 Å². The van der Waals surface area contributed by atoms with Crippen molar-refractivity contribution in [1.82, 2.24) is 5.32 Å². The van der Waals surface area contributed by atoms with Crippen molar-refractivity contribution in [3.05, 3.63) is 70.5 Å². The van der Waals surface area contributed by atoms with Gasteiger partial charge in [0.05, 0.1) is 0 Å². The maximum Gasteiger partial charge on any atom is 0.127 e. The minimum absolute atomic E-state index is 0.0141. The van der Waals surface area contributed by atoms with Crippen LogP contribution in [0.5, 0.6) is 0 Å². The molecule has 1 unspecified atom stereocenters. The number of halogens is 2. The highest BCUT2D eigenvalue weighted by molar-refractivity contribution is 6.30. The van der Waals surface area contributed by atoms with E-state index in [1.807, 2.05) is 43.3 Å². The standard InChI is InChI=1S/C16H17ClFN/c1-2-16(14-8-3-4-9-15(14)18)19-11-12-6-5-7-13(17)10-12/h3-10,16,19H,2,11H2,1H3. The van der Waals surface area contributed by atoms with E-state index in [9.17, 15) is 4.39 Å². The predicted octanol–water partition coefficient (Wildman–Crippen LogP) is 4.72.